The van der Waals surface area contributed by atoms with Crippen LogP contribution in [-0.2, 0) is 9.53 Å². The van der Waals surface area contributed by atoms with Crippen LogP contribution in [0.25, 0.3) is 0 Å². The number of hydrogen-bond donors (Lipinski definition) is 1. The van der Waals surface area contributed by atoms with E-state index >= 15 is 0 Å². The molecule has 1 atom stereocenters. The first-order valence-corrected chi connectivity index (χ1v) is 6.32. The minimum absolute atomic E-state index is 0.165. The number of nitrogens with one attached hydrogen (secondary N) is 1. The summed E-state index contributed by atoms with van der Waals surface area (Å²) in [6.07, 6.45) is 3.13. The van der Waals surface area contributed by atoms with Crippen molar-refractivity contribution in [3.05, 3.63) is 30.1 Å². The van der Waals surface area contributed by atoms with Crippen LogP contribution in [0.2, 0.25) is 0 Å². The molecule has 6 nitrogen and oxygen atoms in total. The minimum Gasteiger partial charge on any atom is -0.464 e. The lowest BCUT2D eigenvalue weighted by Crippen LogP contribution is -2.57. The van der Waals surface area contributed by atoms with Crippen LogP contribution < -0.4 is 5.32 Å². The third-order valence-corrected chi connectivity index (χ3v) is 2.99. The second-order valence-electron chi connectivity index (χ2n) is 4.21. The van der Waals surface area contributed by atoms with Crippen LogP contribution in [0, 0.1) is 0 Å². The number of carbonyl (C=O) groups is 2. The minimum atomic E-state index is -0.561. The highest BCUT2D eigenvalue weighted by atomic mass is 16.5. The molecule has 102 valence electrons. The lowest BCUT2D eigenvalue weighted by atomic mass is 10.1. The number of rotatable bonds is 3. The highest BCUT2D eigenvalue weighted by molar-refractivity contribution is 5.96. The van der Waals surface area contributed by atoms with Gasteiger partial charge in [0.1, 0.15) is 6.04 Å². The molecule has 1 N–H and O–H groups in total. The molecule has 1 aromatic rings. The number of ether oxygens (including phenoxy) is 1. The Balaban J connectivity index is 2.15. The van der Waals surface area contributed by atoms with E-state index in [0.29, 0.717) is 31.8 Å². The summed E-state index contributed by atoms with van der Waals surface area (Å²) in [4.78, 5) is 29.7. The van der Waals surface area contributed by atoms with E-state index in [-0.39, 0.29) is 11.9 Å². The molecule has 1 aliphatic heterocycles. The Hall–Kier alpha value is -1.95. The second kappa shape index (κ2) is 6.29. The number of esters is 1. The van der Waals surface area contributed by atoms with E-state index in [4.69, 9.17) is 4.74 Å². The molecular formula is C13H17N3O3. The SMILES string of the molecule is CCOC(=O)C1CNCCN1C(=O)c1ccncc1. The molecule has 0 aromatic carbocycles. The number of hydrogen-bond acceptors (Lipinski definition) is 5. The van der Waals surface area contributed by atoms with Gasteiger partial charge in [0.25, 0.3) is 5.91 Å². The predicted molar refractivity (Wildman–Crippen MR) is 68.6 cm³/mol. The van der Waals surface area contributed by atoms with Crippen molar-refractivity contribution in [2.75, 3.05) is 26.2 Å². The van der Waals surface area contributed by atoms with Crippen molar-refractivity contribution in [2.24, 2.45) is 0 Å². The molecule has 0 spiro atoms. The van der Waals surface area contributed by atoms with Gasteiger partial charge in [-0.15, -0.1) is 0 Å². The van der Waals surface area contributed by atoms with Gasteiger partial charge in [0.15, 0.2) is 0 Å². The number of pyridine rings is 1. The number of carbonyl (C=O) groups excluding carboxylic acids is 2. The summed E-state index contributed by atoms with van der Waals surface area (Å²) in [6.45, 7) is 3.66. The number of aromatic nitrogens is 1. The molecule has 1 fully saturated rings. The number of amides is 1. The Morgan fingerprint density at radius 2 is 2.21 bits per heavy atom. The van der Waals surface area contributed by atoms with Crippen LogP contribution in [0.4, 0.5) is 0 Å². The van der Waals surface area contributed by atoms with Crippen molar-refractivity contribution in [3.63, 3.8) is 0 Å². The normalized spacial score (nSPS) is 19.0. The van der Waals surface area contributed by atoms with Crippen LogP contribution >= 0.6 is 0 Å². The molecule has 1 aliphatic rings. The zero-order chi connectivity index (χ0) is 13.7. The van der Waals surface area contributed by atoms with E-state index in [9.17, 15) is 9.59 Å². The highest BCUT2D eigenvalue weighted by Gasteiger charge is 2.33. The quantitative estimate of drug-likeness (QED) is 0.781. The molecule has 0 aliphatic carbocycles. The van der Waals surface area contributed by atoms with Gasteiger partial charge < -0.3 is 15.0 Å². The summed E-state index contributed by atoms with van der Waals surface area (Å²) in [7, 11) is 0. The van der Waals surface area contributed by atoms with Crippen molar-refractivity contribution >= 4 is 11.9 Å². The van der Waals surface area contributed by atoms with Crippen LogP contribution in [-0.4, -0.2) is 54.0 Å². The van der Waals surface area contributed by atoms with Crippen molar-refractivity contribution in [1.29, 1.82) is 0 Å². The van der Waals surface area contributed by atoms with Gasteiger partial charge >= 0.3 is 5.97 Å². The first-order chi connectivity index (χ1) is 9.24. The zero-order valence-electron chi connectivity index (χ0n) is 10.8. The van der Waals surface area contributed by atoms with Crippen molar-refractivity contribution in [2.45, 2.75) is 13.0 Å². The Kier molecular flexibility index (Phi) is 4.46. The van der Waals surface area contributed by atoms with Crippen molar-refractivity contribution < 1.29 is 14.3 Å². The fourth-order valence-electron chi connectivity index (χ4n) is 2.06. The number of piperazine rings is 1. The molecule has 2 rings (SSSR count). The summed E-state index contributed by atoms with van der Waals surface area (Å²) >= 11 is 0. The lowest BCUT2D eigenvalue weighted by Gasteiger charge is -2.34. The van der Waals surface area contributed by atoms with Crippen LogP contribution in [0.1, 0.15) is 17.3 Å². The van der Waals surface area contributed by atoms with Crippen LogP contribution in [0.3, 0.4) is 0 Å². The average Bonchev–Trinajstić information content (AvgIpc) is 2.47. The van der Waals surface area contributed by atoms with Gasteiger partial charge in [-0.3, -0.25) is 9.78 Å². The molecule has 1 aromatic heterocycles. The molecule has 6 heteroatoms. The van der Waals surface area contributed by atoms with E-state index in [1.54, 1.807) is 36.4 Å². The Morgan fingerprint density at radius 3 is 2.89 bits per heavy atom. The fraction of sp³-hybridized carbons (Fsp3) is 0.462. The van der Waals surface area contributed by atoms with Gasteiger partial charge in [0.2, 0.25) is 0 Å². The van der Waals surface area contributed by atoms with Gasteiger partial charge in [-0.05, 0) is 19.1 Å². The van der Waals surface area contributed by atoms with Gasteiger partial charge in [0.05, 0.1) is 6.61 Å². The monoisotopic (exact) mass is 263 g/mol. The summed E-state index contributed by atoms with van der Waals surface area (Å²) in [5.41, 5.74) is 0.534. The Morgan fingerprint density at radius 1 is 1.47 bits per heavy atom. The predicted octanol–water partition coefficient (Wildman–Crippen LogP) is 0.0587. The third kappa shape index (κ3) is 3.08. The molecule has 0 bridgehead atoms. The molecule has 2 heterocycles. The smallest absolute Gasteiger partial charge is 0.330 e. The topological polar surface area (TPSA) is 71.5 Å². The number of nitrogens with zero attached hydrogens (tertiary/aromatic N) is 2. The molecule has 1 saturated heterocycles. The lowest BCUT2D eigenvalue weighted by molar-refractivity contribution is -0.149. The molecule has 1 unspecified atom stereocenters. The van der Waals surface area contributed by atoms with Gasteiger partial charge in [-0.2, -0.15) is 0 Å². The first-order valence-electron chi connectivity index (χ1n) is 6.32. The molecular weight excluding hydrogens is 246 g/mol. The van der Waals surface area contributed by atoms with Crippen LogP contribution in [0.15, 0.2) is 24.5 Å². The second-order valence-corrected chi connectivity index (χ2v) is 4.21. The maximum Gasteiger partial charge on any atom is 0.330 e. The molecule has 0 saturated carbocycles. The van der Waals surface area contributed by atoms with E-state index in [1.165, 1.54) is 0 Å². The Labute approximate surface area is 111 Å². The summed E-state index contributed by atoms with van der Waals surface area (Å²) in [5, 5.41) is 3.10. The largest absolute Gasteiger partial charge is 0.464 e. The maximum absolute atomic E-state index is 12.4. The van der Waals surface area contributed by atoms with Crippen molar-refractivity contribution in [3.8, 4) is 0 Å². The van der Waals surface area contributed by atoms with Gasteiger partial charge in [-0.25, -0.2) is 4.79 Å². The highest BCUT2D eigenvalue weighted by Crippen LogP contribution is 2.11. The van der Waals surface area contributed by atoms with Gasteiger partial charge in [0, 0.05) is 37.6 Å². The van der Waals surface area contributed by atoms with E-state index in [0.717, 1.165) is 0 Å². The van der Waals surface area contributed by atoms with E-state index in [1.807, 2.05) is 0 Å². The van der Waals surface area contributed by atoms with Gasteiger partial charge in [-0.1, -0.05) is 0 Å². The Bertz CT molecular complexity index is 450. The first kappa shape index (κ1) is 13.5. The fourth-order valence-corrected chi connectivity index (χ4v) is 2.06. The third-order valence-electron chi connectivity index (χ3n) is 2.99. The molecule has 19 heavy (non-hydrogen) atoms. The summed E-state index contributed by atoms with van der Waals surface area (Å²) in [5.74, 6) is -0.529. The maximum atomic E-state index is 12.4. The summed E-state index contributed by atoms with van der Waals surface area (Å²) < 4.78 is 5.01. The van der Waals surface area contributed by atoms with Crippen molar-refractivity contribution in [1.82, 2.24) is 15.2 Å². The zero-order valence-corrected chi connectivity index (χ0v) is 10.8. The standard InChI is InChI=1S/C13H17N3O3/c1-2-19-13(18)11-9-15-7-8-16(11)12(17)10-3-5-14-6-4-10/h3-6,11,15H,2,7-9H2,1H3. The molecule has 1 amide bonds. The molecule has 0 radical (unpaired) electrons. The van der Waals surface area contributed by atoms with E-state index in [2.05, 4.69) is 10.3 Å². The van der Waals surface area contributed by atoms with E-state index < -0.39 is 6.04 Å². The van der Waals surface area contributed by atoms with Crippen LogP contribution in [0.5, 0.6) is 0 Å². The average molecular weight is 263 g/mol. The summed E-state index contributed by atoms with van der Waals surface area (Å²) in [6, 6.07) is 2.73.